The van der Waals surface area contributed by atoms with Crippen molar-refractivity contribution in [3.63, 3.8) is 0 Å². The molecule has 1 rings (SSSR count). The van der Waals surface area contributed by atoms with Crippen LogP contribution in [0, 0.1) is 5.92 Å². The van der Waals surface area contributed by atoms with Gasteiger partial charge in [-0.05, 0) is 14.0 Å². The van der Waals surface area contributed by atoms with Crippen molar-refractivity contribution < 1.29 is 13.9 Å². The van der Waals surface area contributed by atoms with E-state index in [1.165, 1.54) is 0 Å². The molecule has 13 heavy (non-hydrogen) atoms. The predicted molar refractivity (Wildman–Crippen MR) is 47.1 cm³/mol. The van der Waals surface area contributed by atoms with Crippen LogP contribution in [0.15, 0.2) is 0 Å². The van der Waals surface area contributed by atoms with Crippen molar-refractivity contribution in [2.75, 3.05) is 20.2 Å². The zero-order chi connectivity index (χ0) is 10.0. The van der Waals surface area contributed by atoms with Crippen LogP contribution in [0.4, 0.5) is 4.39 Å². The number of hydrogen-bond acceptors (Lipinski definition) is 3. The monoisotopic (exact) mass is 189 g/mol. The van der Waals surface area contributed by atoms with E-state index in [1.54, 1.807) is 25.8 Å². The number of rotatable bonds is 2. The third kappa shape index (κ3) is 1.99. The van der Waals surface area contributed by atoms with Crippen LogP contribution in [0.5, 0.6) is 0 Å². The summed E-state index contributed by atoms with van der Waals surface area (Å²) in [5, 5.41) is 0. The highest BCUT2D eigenvalue weighted by atomic mass is 19.1. The minimum absolute atomic E-state index is 0.260. The third-order valence-corrected chi connectivity index (χ3v) is 2.53. The van der Waals surface area contributed by atoms with Gasteiger partial charge in [0.25, 0.3) is 0 Å². The average Bonchev–Trinajstić information content (AvgIpc) is 2.27. The van der Waals surface area contributed by atoms with E-state index in [0.29, 0.717) is 13.2 Å². The molecule has 2 unspecified atom stereocenters. The maximum atomic E-state index is 13.2. The van der Waals surface area contributed by atoms with Gasteiger partial charge in [-0.2, -0.15) is 0 Å². The molecule has 0 N–H and O–H groups in total. The van der Waals surface area contributed by atoms with E-state index in [9.17, 15) is 9.18 Å². The maximum absolute atomic E-state index is 13.2. The number of alkyl halides is 1. The highest BCUT2D eigenvalue weighted by Gasteiger charge is 2.42. The first-order valence-corrected chi connectivity index (χ1v) is 4.58. The van der Waals surface area contributed by atoms with Crippen molar-refractivity contribution in [3.8, 4) is 0 Å². The topological polar surface area (TPSA) is 29.5 Å². The fraction of sp³-hybridized carbons (Fsp3) is 0.889. The Morgan fingerprint density at radius 3 is 2.69 bits per heavy atom. The minimum Gasteiger partial charge on any atom is -0.465 e. The average molecular weight is 189 g/mol. The molecule has 3 atom stereocenters. The van der Waals surface area contributed by atoms with Crippen LogP contribution in [0.3, 0.4) is 0 Å². The van der Waals surface area contributed by atoms with Crippen LogP contribution in [0.1, 0.15) is 13.8 Å². The van der Waals surface area contributed by atoms with Crippen LogP contribution >= 0.6 is 0 Å². The molecule has 1 aliphatic heterocycles. The number of halogens is 1. The summed E-state index contributed by atoms with van der Waals surface area (Å²) < 4.78 is 18.0. The lowest BCUT2D eigenvalue weighted by Crippen LogP contribution is -2.37. The zero-order valence-electron chi connectivity index (χ0n) is 8.29. The van der Waals surface area contributed by atoms with E-state index < -0.39 is 12.2 Å². The highest BCUT2D eigenvalue weighted by molar-refractivity contribution is 5.76. The number of hydrogen-bond donors (Lipinski definition) is 0. The molecule has 0 spiro atoms. The van der Waals surface area contributed by atoms with E-state index >= 15 is 0 Å². The standard InChI is InChI=1S/C9H16FNO2/c1-4-13-9(12)8-6(2)7(10)5-11(8)3/h6-8H,4-5H2,1-3H3/t6?,7?,8-/m0/s1. The van der Waals surface area contributed by atoms with Gasteiger partial charge < -0.3 is 4.74 Å². The quantitative estimate of drug-likeness (QED) is 0.603. The summed E-state index contributed by atoms with van der Waals surface area (Å²) in [5.41, 5.74) is 0. The van der Waals surface area contributed by atoms with Crippen LogP contribution in [-0.4, -0.2) is 43.3 Å². The maximum Gasteiger partial charge on any atom is 0.323 e. The summed E-state index contributed by atoms with van der Waals surface area (Å²) in [7, 11) is 1.75. The van der Waals surface area contributed by atoms with Gasteiger partial charge in [0.1, 0.15) is 12.2 Å². The Morgan fingerprint density at radius 1 is 1.69 bits per heavy atom. The van der Waals surface area contributed by atoms with Gasteiger partial charge in [0.15, 0.2) is 0 Å². The van der Waals surface area contributed by atoms with Crippen molar-refractivity contribution in [1.82, 2.24) is 4.90 Å². The number of nitrogens with zero attached hydrogens (tertiary/aromatic N) is 1. The van der Waals surface area contributed by atoms with Crippen LogP contribution in [0.2, 0.25) is 0 Å². The third-order valence-electron chi connectivity index (χ3n) is 2.53. The molecule has 0 radical (unpaired) electrons. The smallest absolute Gasteiger partial charge is 0.323 e. The molecule has 1 fully saturated rings. The molecule has 0 bridgehead atoms. The molecule has 76 valence electrons. The molecule has 4 heteroatoms. The Labute approximate surface area is 77.9 Å². The Morgan fingerprint density at radius 2 is 2.31 bits per heavy atom. The Kier molecular flexibility index (Phi) is 3.25. The number of carbonyl (C=O) groups is 1. The van der Waals surface area contributed by atoms with Gasteiger partial charge in [-0.25, -0.2) is 4.39 Å². The second-order valence-electron chi connectivity index (χ2n) is 3.51. The zero-order valence-corrected chi connectivity index (χ0v) is 8.29. The molecule has 0 saturated carbocycles. The Bertz CT molecular complexity index is 198. The van der Waals surface area contributed by atoms with Crippen molar-refractivity contribution in [2.45, 2.75) is 26.1 Å². The van der Waals surface area contributed by atoms with Crippen molar-refractivity contribution >= 4 is 5.97 Å². The first kappa shape index (κ1) is 10.4. The first-order valence-electron chi connectivity index (χ1n) is 4.58. The predicted octanol–water partition coefficient (Wildman–Crippen LogP) is 0.838. The summed E-state index contributed by atoms with van der Waals surface area (Å²) in [6, 6.07) is -0.407. The summed E-state index contributed by atoms with van der Waals surface area (Å²) >= 11 is 0. The van der Waals surface area contributed by atoms with E-state index in [0.717, 1.165) is 0 Å². The van der Waals surface area contributed by atoms with Crippen molar-refractivity contribution in [3.05, 3.63) is 0 Å². The molecular formula is C9H16FNO2. The fourth-order valence-electron chi connectivity index (χ4n) is 1.78. The largest absolute Gasteiger partial charge is 0.465 e. The molecule has 1 saturated heterocycles. The molecule has 1 heterocycles. The van der Waals surface area contributed by atoms with E-state index in [4.69, 9.17) is 4.74 Å². The molecule has 3 nitrogen and oxygen atoms in total. The van der Waals surface area contributed by atoms with Crippen LogP contribution in [0.25, 0.3) is 0 Å². The molecule has 0 aliphatic carbocycles. The van der Waals surface area contributed by atoms with E-state index in [-0.39, 0.29) is 11.9 Å². The SMILES string of the molecule is CCOC(=O)[C@@H]1C(C)C(F)CN1C. The summed E-state index contributed by atoms with van der Waals surface area (Å²) in [6.07, 6.45) is -0.917. The lowest BCUT2D eigenvalue weighted by atomic mass is 10.0. The van der Waals surface area contributed by atoms with Gasteiger partial charge in [-0.1, -0.05) is 6.92 Å². The van der Waals surface area contributed by atoms with Gasteiger partial charge in [0.2, 0.25) is 0 Å². The van der Waals surface area contributed by atoms with Gasteiger partial charge in [-0.15, -0.1) is 0 Å². The second kappa shape index (κ2) is 4.05. The van der Waals surface area contributed by atoms with E-state index in [2.05, 4.69) is 0 Å². The molecular weight excluding hydrogens is 173 g/mol. The minimum atomic E-state index is -0.917. The summed E-state index contributed by atoms with van der Waals surface area (Å²) in [4.78, 5) is 13.1. The van der Waals surface area contributed by atoms with Gasteiger partial charge in [-0.3, -0.25) is 9.69 Å². The van der Waals surface area contributed by atoms with Crippen molar-refractivity contribution in [1.29, 1.82) is 0 Å². The Balaban J connectivity index is 2.62. The Hall–Kier alpha value is -0.640. The van der Waals surface area contributed by atoms with Gasteiger partial charge in [0.05, 0.1) is 6.61 Å². The second-order valence-corrected chi connectivity index (χ2v) is 3.51. The number of esters is 1. The molecule has 0 aromatic carbocycles. The normalized spacial score (nSPS) is 34.9. The van der Waals surface area contributed by atoms with Gasteiger partial charge in [0, 0.05) is 12.5 Å². The van der Waals surface area contributed by atoms with Crippen LogP contribution in [-0.2, 0) is 9.53 Å². The highest BCUT2D eigenvalue weighted by Crippen LogP contribution is 2.26. The first-order chi connectivity index (χ1) is 6.07. The lowest BCUT2D eigenvalue weighted by molar-refractivity contribution is -0.149. The summed E-state index contributed by atoms with van der Waals surface area (Å²) in [5.74, 6) is -0.568. The van der Waals surface area contributed by atoms with Gasteiger partial charge >= 0.3 is 5.97 Å². The lowest BCUT2D eigenvalue weighted by Gasteiger charge is -2.19. The molecule has 0 amide bonds. The summed E-state index contributed by atoms with van der Waals surface area (Å²) in [6.45, 7) is 4.18. The molecule has 0 aromatic rings. The number of ether oxygens (including phenoxy) is 1. The molecule has 0 aromatic heterocycles. The van der Waals surface area contributed by atoms with Crippen LogP contribution < -0.4 is 0 Å². The van der Waals surface area contributed by atoms with E-state index in [1.807, 2.05) is 0 Å². The fourth-order valence-corrected chi connectivity index (χ4v) is 1.78. The number of likely N-dealkylation sites (N-methyl/N-ethyl adjacent to an activating group) is 1. The molecule has 1 aliphatic rings. The number of likely N-dealkylation sites (tertiary alicyclic amines) is 1. The van der Waals surface area contributed by atoms with Crippen molar-refractivity contribution in [2.24, 2.45) is 5.92 Å². The number of carbonyl (C=O) groups excluding carboxylic acids is 1.